The Kier molecular flexibility index (Phi) is 3.45. The van der Waals surface area contributed by atoms with Gasteiger partial charge in [0.15, 0.2) is 11.3 Å². The molecule has 0 bridgehead atoms. The molecule has 1 aliphatic heterocycles. The van der Waals surface area contributed by atoms with Crippen molar-refractivity contribution in [3.8, 4) is 11.5 Å². The Bertz CT molecular complexity index is 1090. The molecular formula is C20H20N3O+. The first-order chi connectivity index (χ1) is 11.7. The summed E-state index contributed by atoms with van der Waals surface area (Å²) in [7, 11) is 0. The van der Waals surface area contributed by atoms with Crippen LogP contribution in [0.3, 0.4) is 0 Å². The average Bonchev–Trinajstić information content (AvgIpc) is 2.62. The summed E-state index contributed by atoms with van der Waals surface area (Å²) in [4.78, 5) is 4.83. The van der Waals surface area contributed by atoms with E-state index in [4.69, 9.17) is 15.1 Å². The predicted octanol–water partition coefficient (Wildman–Crippen LogP) is 3.48. The number of rotatable bonds is 2. The molecule has 0 atom stereocenters. The van der Waals surface area contributed by atoms with E-state index in [1.165, 1.54) is 0 Å². The maximum absolute atomic E-state index is 6.19. The van der Waals surface area contributed by atoms with Crippen molar-refractivity contribution in [2.75, 3.05) is 18.8 Å². The Morgan fingerprint density at radius 2 is 1.75 bits per heavy atom. The second-order valence-corrected chi connectivity index (χ2v) is 5.90. The molecule has 0 saturated heterocycles. The average molecular weight is 318 g/mol. The molecule has 120 valence electrons. The second kappa shape index (κ2) is 5.64. The van der Waals surface area contributed by atoms with Crippen LogP contribution in [0, 0.1) is 0 Å². The van der Waals surface area contributed by atoms with E-state index in [-0.39, 0.29) is 0 Å². The first-order valence-corrected chi connectivity index (χ1v) is 8.31. The predicted molar refractivity (Wildman–Crippen MR) is 98.9 cm³/mol. The minimum atomic E-state index is 0.711. The third kappa shape index (κ3) is 2.22. The van der Waals surface area contributed by atoms with Crippen molar-refractivity contribution in [1.29, 1.82) is 0 Å². The van der Waals surface area contributed by atoms with E-state index in [1.54, 1.807) is 0 Å². The maximum Gasteiger partial charge on any atom is 0.203 e. The van der Waals surface area contributed by atoms with Gasteiger partial charge in [-0.05, 0) is 19.9 Å². The molecule has 1 aliphatic carbocycles. The number of nitrogens with two attached hydrogens (primary N) is 1. The van der Waals surface area contributed by atoms with Crippen LogP contribution < -0.4 is 15.7 Å². The van der Waals surface area contributed by atoms with Crippen LogP contribution in [-0.2, 0) is 0 Å². The van der Waals surface area contributed by atoms with Crippen LogP contribution in [0.25, 0.3) is 33.3 Å². The molecule has 2 aromatic carbocycles. The van der Waals surface area contributed by atoms with Crippen LogP contribution in [0.5, 0.6) is 0 Å². The van der Waals surface area contributed by atoms with Gasteiger partial charge in [0, 0.05) is 28.6 Å². The Morgan fingerprint density at radius 3 is 2.50 bits per heavy atom. The lowest BCUT2D eigenvalue weighted by Gasteiger charge is -2.10. The summed E-state index contributed by atoms with van der Waals surface area (Å²) in [6, 6.07) is 16.1. The van der Waals surface area contributed by atoms with Gasteiger partial charge in [0.2, 0.25) is 5.36 Å². The fourth-order valence-electron chi connectivity index (χ4n) is 3.26. The van der Waals surface area contributed by atoms with Crippen LogP contribution >= 0.6 is 0 Å². The Balaban J connectivity index is 2.10. The summed E-state index contributed by atoms with van der Waals surface area (Å²) in [6.45, 7) is 6.22. The van der Waals surface area contributed by atoms with Gasteiger partial charge in [0.1, 0.15) is 24.3 Å². The van der Waals surface area contributed by atoms with Gasteiger partial charge in [-0.15, -0.1) is 0 Å². The van der Waals surface area contributed by atoms with Crippen molar-refractivity contribution in [3.63, 3.8) is 0 Å². The van der Waals surface area contributed by atoms with Gasteiger partial charge in [0.25, 0.3) is 0 Å². The van der Waals surface area contributed by atoms with E-state index in [9.17, 15) is 0 Å². The van der Waals surface area contributed by atoms with Crippen molar-refractivity contribution in [2.45, 2.75) is 13.8 Å². The highest BCUT2D eigenvalue weighted by Gasteiger charge is 2.14. The molecule has 0 aromatic heterocycles. The summed E-state index contributed by atoms with van der Waals surface area (Å²) in [5, 5.41) is 3.17. The topological polar surface area (TPSA) is 55.1 Å². The molecule has 2 aliphatic rings. The first kappa shape index (κ1) is 14.7. The molecule has 0 radical (unpaired) electrons. The Morgan fingerprint density at radius 1 is 1.00 bits per heavy atom. The normalized spacial score (nSPS) is 11.4. The fourth-order valence-corrected chi connectivity index (χ4v) is 3.26. The second-order valence-electron chi connectivity index (χ2n) is 5.90. The van der Waals surface area contributed by atoms with E-state index in [1.807, 2.05) is 36.4 Å². The van der Waals surface area contributed by atoms with Gasteiger partial charge < -0.3 is 10.2 Å². The summed E-state index contributed by atoms with van der Waals surface area (Å²) >= 11 is 0. The Labute approximate surface area is 140 Å². The summed E-state index contributed by atoms with van der Waals surface area (Å²) in [6.07, 6.45) is 0. The standard InChI is InChI=1S/C20H19N3O/c1-3-23(4-2)13-9-10-17-18(11-13)24-19-12-16(21)14-7-5-6-8-15(14)20(19)22-17/h5-12,21H,3-4H2,1-2H3/p+1. The summed E-state index contributed by atoms with van der Waals surface area (Å²) < 4.78 is 8.43. The zero-order valence-corrected chi connectivity index (χ0v) is 13.9. The molecule has 24 heavy (non-hydrogen) atoms. The monoisotopic (exact) mass is 318 g/mol. The van der Waals surface area contributed by atoms with Gasteiger partial charge in [-0.3, -0.25) is 0 Å². The maximum atomic E-state index is 6.19. The smallest absolute Gasteiger partial charge is 0.203 e. The van der Waals surface area contributed by atoms with Gasteiger partial charge in [-0.1, -0.05) is 24.3 Å². The number of hydrogen-bond donors (Lipinski definition) is 1. The van der Waals surface area contributed by atoms with Crippen LogP contribution in [0.15, 0.2) is 52.9 Å². The molecule has 0 amide bonds. The van der Waals surface area contributed by atoms with Crippen molar-refractivity contribution in [3.05, 3.63) is 53.9 Å². The number of anilines is 1. The van der Waals surface area contributed by atoms with Crippen molar-refractivity contribution in [2.24, 2.45) is 0 Å². The van der Waals surface area contributed by atoms with E-state index in [0.29, 0.717) is 5.69 Å². The van der Waals surface area contributed by atoms with E-state index in [2.05, 4.69) is 30.6 Å². The molecule has 2 aromatic rings. The zero-order valence-electron chi connectivity index (χ0n) is 13.9. The van der Waals surface area contributed by atoms with Crippen LogP contribution in [0.1, 0.15) is 13.8 Å². The minimum absolute atomic E-state index is 0.711. The molecular weight excluding hydrogens is 298 g/mol. The molecule has 0 fully saturated rings. The van der Waals surface area contributed by atoms with Gasteiger partial charge in [-0.2, -0.15) is 0 Å². The lowest BCUT2D eigenvalue weighted by Crippen LogP contribution is -2.29. The van der Waals surface area contributed by atoms with Crippen molar-refractivity contribution < 1.29 is 4.42 Å². The molecule has 0 unspecified atom stereocenters. The van der Waals surface area contributed by atoms with E-state index < -0.39 is 0 Å². The third-order valence-electron chi connectivity index (χ3n) is 4.54. The lowest BCUT2D eigenvalue weighted by molar-refractivity contribution is 0.600. The number of hydrogen-bond acceptors (Lipinski definition) is 3. The quantitative estimate of drug-likeness (QED) is 0.266. The molecule has 2 N–H and O–H groups in total. The van der Waals surface area contributed by atoms with E-state index >= 15 is 0 Å². The van der Waals surface area contributed by atoms with Crippen LogP contribution in [0.2, 0.25) is 0 Å². The highest BCUT2D eigenvalue weighted by atomic mass is 16.3. The number of fused-ring (bicyclic) bond motifs is 4. The van der Waals surface area contributed by atoms with Gasteiger partial charge in [0.05, 0.1) is 6.07 Å². The van der Waals surface area contributed by atoms with Crippen molar-refractivity contribution >= 4 is 27.6 Å². The van der Waals surface area contributed by atoms with Crippen LogP contribution in [-0.4, -0.2) is 18.1 Å². The molecule has 1 heterocycles. The third-order valence-corrected chi connectivity index (χ3v) is 4.54. The Hall–Kier alpha value is -2.88. The number of aromatic nitrogens is 1. The molecule has 4 heteroatoms. The molecule has 0 spiro atoms. The SMILES string of the molecule is CC[N+](CC)=c1ccc2nc3c(cc(N)c4ccccc43)oc-2c1. The van der Waals surface area contributed by atoms with Gasteiger partial charge in [-0.25, -0.2) is 9.56 Å². The van der Waals surface area contributed by atoms with Crippen molar-refractivity contribution in [1.82, 2.24) is 9.56 Å². The first-order valence-electron chi connectivity index (χ1n) is 8.31. The van der Waals surface area contributed by atoms with Crippen LogP contribution in [0.4, 0.5) is 5.69 Å². The number of nitrogen functional groups attached to an aromatic ring is 1. The van der Waals surface area contributed by atoms with E-state index in [0.717, 1.165) is 51.8 Å². The number of nitrogens with zero attached hydrogens (tertiary/aromatic N) is 2. The van der Waals surface area contributed by atoms with Gasteiger partial charge >= 0.3 is 0 Å². The molecule has 4 rings (SSSR count). The summed E-state index contributed by atoms with van der Waals surface area (Å²) in [5.41, 5.74) is 9.33. The molecule has 4 nitrogen and oxygen atoms in total. The lowest BCUT2D eigenvalue weighted by atomic mass is 10.1. The fraction of sp³-hybridized carbons (Fsp3) is 0.200. The zero-order chi connectivity index (χ0) is 16.7. The minimum Gasteiger partial charge on any atom is -0.452 e. The molecule has 0 saturated carbocycles. The number of benzene rings is 3. The summed E-state index contributed by atoms with van der Waals surface area (Å²) in [5.74, 6) is 0.779. The largest absolute Gasteiger partial charge is 0.452 e. The highest BCUT2D eigenvalue weighted by Crippen LogP contribution is 2.32. The highest BCUT2D eigenvalue weighted by molar-refractivity contribution is 6.09.